The highest BCUT2D eigenvalue weighted by Gasteiger charge is 2.21. The number of nitrogens with zero attached hydrogens (tertiary/aromatic N) is 1. The molecule has 0 amide bonds. The third-order valence-corrected chi connectivity index (χ3v) is 1.15. The smallest absolute Gasteiger partial charge is 0.240 e. The molecule has 1 aliphatic rings. The summed E-state index contributed by atoms with van der Waals surface area (Å²) in [5.74, 6) is 0. The quantitative estimate of drug-likeness (QED) is 0.291. The van der Waals surface area contributed by atoms with Crippen molar-refractivity contribution in [3.8, 4) is 0 Å². The lowest BCUT2D eigenvalue weighted by Gasteiger charge is -2.17. The van der Waals surface area contributed by atoms with Crippen LogP contribution in [-0.4, -0.2) is 24.1 Å². The van der Waals surface area contributed by atoms with Crippen molar-refractivity contribution in [2.45, 2.75) is 6.04 Å². The second-order valence-corrected chi connectivity index (χ2v) is 1.83. The molecule has 1 saturated heterocycles. The molecule has 0 bridgehead atoms. The molecule has 0 spiro atoms. The Morgan fingerprint density at radius 2 is 2.00 bits per heavy atom. The van der Waals surface area contributed by atoms with E-state index >= 15 is 0 Å². The van der Waals surface area contributed by atoms with Crippen LogP contribution in [0.1, 0.15) is 0 Å². The Labute approximate surface area is 51.7 Å². The predicted molar refractivity (Wildman–Crippen MR) is 29.9 cm³/mol. The summed E-state index contributed by atoms with van der Waals surface area (Å²) in [5.41, 5.74) is 7.79. The first-order valence-electron chi connectivity index (χ1n) is 2.65. The Bertz CT molecular complexity index is 110. The third-order valence-electron chi connectivity index (χ3n) is 1.15. The second kappa shape index (κ2) is 2.72. The standard InChI is InChI=1S/C3H8N4O2/c8-7(9)3-1-4-6-5-2-3/h3-6H,1-2H2. The summed E-state index contributed by atoms with van der Waals surface area (Å²) in [5, 5.41) is 10.1. The molecule has 0 aromatic carbocycles. The van der Waals surface area contributed by atoms with Crippen LogP contribution in [-0.2, 0) is 0 Å². The number of hydrogen-bond donors (Lipinski definition) is 3. The SMILES string of the molecule is O=[N+]([O-])C1CNNNC1. The lowest BCUT2D eigenvalue weighted by molar-refractivity contribution is -0.520. The number of nitrogens with one attached hydrogen (secondary N) is 3. The van der Waals surface area contributed by atoms with E-state index in [1.165, 1.54) is 0 Å². The van der Waals surface area contributed by atoms with Crippen molar-refractivity contribution in [3.05, 3.63) is 10.1 Å². The van der Waals surface area contributed by atoms with Crippen LogP contribution in [0.4, 0.5) is 0 Å². The fraction of sp³-hybridized carbons (Fsp3) is 1.00. The molecule has 0 aromatic rings. The predicted octanol–water partition coefficient (Wildman–Crippen LogP) is -1.76. The summed E-state index contributed by atoms with van der Waals surface area (Å²) < 4.78 is 0. The average Bonchev–Trinajstić information content (AvgIpc) is 1.90. The van der Waals surface area contributed by atoms with E-state index in [1.807, 2.05) is 0 Å². The monoisotopic (exact) mass is 132 g/mol. The van der Waals surface area contributed by atoms with E-state index < -0.39 is 6.04 Å². The molecule has 0 atom stereocenters. The van der Waals surface area contributed by atoms with E-state index in [9.17, 15) is 10.1 Å². The lowest BCUT2D eigenvalue weighted by Crippen LogP contribution is -2.58. The second-order valence-electron chi connectivity index (χ2n) is 1.83. The van der Waals surface area contributed by atoms with Crippen LogP contribution in [0.15, 0.2) is 0 Å². The highest BCUT2D eigenvalue weighted by atomic mass is 16.6. The van der Waals surface area contributed by atoms with E-state index in [2.05, 4.69) is 16.4 Å². The highest BCUT2D eigenvalue weighted by molar-refractivity contribution is 4.63. The minimum atomic E-state index is -0.508. The van der Waals surface area contributed by atoms with Crippen LogP contribution in [0.25, 0.3) is 0 Å². The van der Waals surface area contributed by atoms with Crippen molar-refractivity contribution >= 4 is 0 Å². The van der Waals surface area contributed by atoms with Gasteiger partial charge in [0.1, 0.15) is 0 Å². The van der Waals surface area contributed by atoms with Crippen molar-refractivity contribution < 1.29 is 4.92 Å². The van der Waals surface area contributed by atoms with Gasteiger partial charge in [-0.25, -0.2) is 10.9 Å². The van der Waals surface area contributed by atoms with Gasteiger partial charge in [-0.2, -0.15) is 5.53 Å². The maximum atomic E-state index is 10.1. The summed E-state index contributed by atoms with van der Waals surface area (Å²) in [7, 11) is 0. The van der Waals surface area contributed by atoms with Crippen LogP contribution < -0.4 is 16.4 Å². The molecule has 1 heterocycles. The molecule has 3 N–H and O–H groups in total. The summed E-state index contributed by atoms with van der Waals surface area (Å²) in [6.45, 7) is 0.750. The maximum Gasteiger partial charge on any atom is 0.240 e. The Hall–Kier alpha value is -0.720. The number of hydrazine groups is 2. The first-order chi connectivity index (χ1) is 4.30. The van der Waals surface area contributed by atoms with Crippen LogP contribution in [0, 0.1) is 10.1 Å². The molecule has 1 rings (SSSR count). The van der Waals surface area contributed by atoms with E-state index in [0.717, 1.165) is 0 Å². The van der Waals surface area contributed by atoms with Gasteiger partial charge in [-0.1, -0.05) is 0 Å². The summed E-state index contributed by atoms with van der Waals surface area (Å²) in [6, 6.07) is -0.508. The first-order valence-corrected chi connectivity index (χ1v) is 2.65. The summed E-state index contributed by atoms with van der Waals surface area (Å²) >= 11 is 0. The number of hydrogen-bond acceptors (Lipinski definition) is 5. The van der Waals surface area contributed by atoms with Crippen LogP contribution in [0.2, 0.25) is 0 Å². The minimum Gasteiger partial charge on any atom is -0.264 e. The molecule has 0 aliphatic carbocycles. The summed E-state index contributed by atoms with van der Waals surface area (Å²) in [6.07, 6.45) is 0. The van der Waals surface area contributed by atoms with Gasteiger partial charge in [-0.05, 0) is 0 Å². The lowest BCUT2D eigenvalue weighted by atomic mass is 10.3. The molecule has 1 fully saturated rings. The summed E-state index contributed by atoms with van der Waals surface area (Å²) in [4.78, 5) is 9.75. The van der Waals surface area contributed by atoms with Gasteiger partial charge in [-0.15, -0.1) is 0 Å². The maximum absolute atomic E-state index is 10.1. The van der Waals surface area contributed by atoms with Gasteiger partial charge in [0.25, 0.3) is 0 Å². The zero-order valence-corrected chi connectivity index (χ0v) is 4.76. The van der Waals surface area contributed by atoms with Crippen molar-refractivity contribution in [2.24, 2.45) is 0 Å². The van der Waals surface area contributed by atoms with Crippen molar-refractivity contribution in [1.82, 2.24) is 16.4 Å². The zero-order valence-electron chi connectivity index (χ0n) is 4.76. The van der Waals surface area contributed by atoms with Crippen molar-refractivity contribution in [3.63, 3.8) is 0 Å². The Kier molecular flexibility index (Phi) is 1.93. The molecule has 0 unspecified atom stereocenters. The van der Waals surface area contributed by atoms with Gasteiger partial charge in [0.2, 0.25) is 6.04 Å². The molecule has 0 radical (unpaired) electrons. The van der Waals surface area contributed by atoms with Crippen molar-refractivity contribution in [1.29, 1.82) is 0 Å². The normalized spacial score (nSPS) is 21.8. The molecule has 0 saturated carbocycles. The Balaban J connectivity index is 2.31. The van der Waals surface area contributed by atoms with Crippen LogP contribution in [0.3, 0.4) is 0 Å². The average molecular weight is 132 g/mol. The van der Waals surface area contributed by atoms with E-state index in [0.29, 0.717) is 13.1 Å². The molecular formula is C3H8N4O2. The topological polar surface area (TPSA) is 79.2 Å². The Morgan fingerprint density at radius 1 is 1.44 bits per heavy atom. The molecular weight excluding hydrogens is 124 g/mol. The molecule has 9 heavy (non-hydrogen) atoms. The van der Waals surface area contributed by atoms with Gasteiger partial charge >= 0.3 is 0 Å². The molecule has 0 aromatic heterocycles. The van der Waals surface area contributed by atoms with Gasteiger partial charge < -0.3 is 0 Å². The van der Waals surface area contributed by atoms with Gasteiger partial charge in [0.05, 0.1) is 13.1 Å². The third kappa shape index (κ3) is 1.60. The fourth-order valence-electron chi connectivity index (χ4n) is 0.621. The zero-order chi connectivity index (χ0) is 6.69. The van der Waals surface area contributed by atoms with Gasteiger partial charge in [-0.3, -0.25) is 10.1 Å². The number of nitro groups is 1. The highest BCUT2D eigenvalue weighted by Crippen LogP contribution is 1.86. The Morgan fingerprint density at radius 3 is 2.33 bits per heavy atom. The molecule has 1 aliphatic heterocycles. The molecule has 6 heteroatoms. The van der Waals surface area contributed by atoms with Crippen molar-refractivity contribution in [2.75, 3.05) is 13.1 Å². The van der Waals surface area contributed by atoms with Gasteiger partial charge in [0, 0.05) is 4.92 Å². The van der Waals surface area contributed by atoms with Crippen LogP contribution in [0.5, 0.6) is 0 Å². The van der Waals surface area contributed by atoms with E-state index in [4.69, 9.17) is 0 Å². The van der Waals surface area contributed by atoms with E-state index in [1.54, 1.807) is 0 Å². The van der Waals surface area contributed by atoms with Gasteiger partial charge in [0.15, 0.2) is 0 Å². The van der Waals surface area contributed by atoms with E-state index in [-0.39, 0.29) is 4.92 Å². The fourth-order valence-corrected chi connectivity index (χ4v) is 0.621. The largest absolute Gasteiger partial charge is 0.264 e. The minimum absolute atomic E-state index is 0.305. The first kappa shape index (κ1) is 6.40. The molecule has 6 nitrogen and oxygen atoms in total. The number of rotatable bonds is 1. The molecule has 52 valence electrons. The van der Waals surface area contributed by atoms with Crippen LogP contribution >= 0.6 is 0 Å².